The molecule has 7 heteroatoms. The fraction of sp³-hybridized carbons (Fsp3) is 0.722. The summed E-state index contributed by atoms with van der Waals surface area (Å²) in [6, 6.07) is 0. The van der Waals surface area contributed by atoms with Crippen LogP contribution in [0.3, 0.4) is 0 Å². The first-order valence-corrected chi connectivity index (χ1v) is 9.01. The molecule has 1 aliphatic heterocycles. The highest BCUT2D eigenvalue weighted by Crippen LogP contribution is 2.45. The molecule has 2 unspecified atom stereocenters. The summed E-state index contributed by atoms with van der Waals surface area (Å²) < 4.78 is 37.9. The standard InChI is InChI=1S/C18H27F2NO4/c1-3-21(4-2)17(22)25-15(16(19)20)13-9-5-7-11-18(13,23)14-10-6-8-12-24-14/h10,13,23H,3-9,11-12H2,1-2H3. The van der Waals surface area contributed by atoms with Gasteiger partial charge in [-0.3, -0.25) is 0 Å². The van der Waals surface area contributed by atoms with Crippen LogP contribution in [0.15, 0.2) is 23.7 Å². The van der Waals surface area contributed by atoms with Crippen molar-refractivity contribution in [2.75, 3.05) is 19.7 Å². The number of hydrogen-bond acceptors (Lipinski definition) is 4. The van der Waals surface area contributed by atoms with Crippen molar-refractivity contribution in [3.8, 4) is 0 Å². The van der Waals surface area contributed by atoms with Crippen molar-refractivity contribution in [3.63, 3.8) is 0 Å². The summed E-state index contributed by atoms with van der Waals surface area (Å²) in [4.78, 5) is 13.5. The molecule has 0 spiro atoms. The quantitative estimate of drug-likeness (QED) is 0.748. The molecule has 0 aromatic carbocycles. The topological polar surface area (TPSA) is 59.0 Å². The summed E-state index contributed by atoms with van der Waals surface area (Å²) >= 11 is 0. The SMILES string of the molecule is CCN(CC)C(=O)OC(=C(F)F)C1CCCCC1(O)C1=CCCCO1. The van der Waals surface area contributed by atoms with Crippen molar-refractivity contribution in [2.45, 2.75) is 58.0 Å². The maximum Gasteiger partial charge on any atom is 0.415 e. The van der Waals surface area contributed by atoms with Gasteiger partial charge in [0, 0.05) is 13.1 Å². The van der Waals surface area contributed by atoms with Gasteiger partial charge in [-0.05, 0) is 45.6 Å². The minimum atomic E-state index is -2.07. The lowest BCUT2D eigenvalue weighted by atomic mass is 9.72. The average Bonchev–Trinajstić information content (AvgIpc) is 2.62. The molecule has 2 atom stereocenters. The predicted molar refractivity (Wildman–Crippen MR) is 88.8 cm³/mol. The highest BCUT2D eigenvalue weighted by atomic mass is 19.3. The second-order valence-corrected chi connectivity index (χ2v) is 6.45. The van der Waals surface area contributed by atoms with Gasteiger partial charge >= 0.3 is 12.2 Å². The Kier molecular flexibility index (Phi) is 6.81. The Bertz CT molecular complexity index is 541. The maximum atomic E-state index is 13.6. The van der Waals surface area contributed by atoms with Gasteiger partial charge in [-0.2, -0.15) is 8.78 Å². The molecule has 142 valence electrons. The number of amides is 1. The molecule has 1 N–H and O–H groups in total. The number of halogens is 2. The highest BCUT2D eigenvalue weighted by molar-refractivity contribution is 5.69. The first-order chi connectivity index (χ1) is 11.9. The third-order valence-corrected chi connectivity index (χ3v) is 4.96. The predicted octanol–water partition coefficient (Wildman–Crippen LogP) is 4.19. The van der Waals surface area contributed by atoms with E-state index >= 15 is 0 Å². The molecule has 0 aromatic rings. The molecule has 1 heterocycles. The summed E-state index contributed by atoms with van der Waals surface area (Å²) in [7, 11) is 0. The van der Waals surface area contributed by atoms with E-state index in [9.17, 15) is 18.7 Å². The number of carbonyl (C=O) groups excluding carboxylic acids is 1. The molecule has 1 saturated carbocycles. The van der Waals surface area contributed by atoms with E-state index in [2.05, 4.69) is 0 Å². The van der Waals surface area contributed by atoms with Crippen molar-refractivity contribution in [1.29, 1.82) is 0 Å². The van der Waals surface area contributed by atoms with Crippen LogP contribution < -0.4 is 0 Å². The minimum Gasteiger partial charge on any atom is -0.495 e. The zero-order valence-electron chi connectivity index (χ0n) is 14.9. The number of hydrogen-bond donors (Lipinski definition) is 1. The monoisotopic (exact) mass is 359 g/mol. The van der Waals surface area contributed by atoms with Crippen molar-refractivity contribution < 1.29 is 28.2 Å². The van der Waals surface area contributed by atoms with Gasteiger partial charge in [-0.15, -0.1) is 0 Å². The first-order valence-electron chi connectivity index (χ1n) is 9.01. The lowest BCUT2D eigenvalue weighted by Crippen LogP contribution is -2.46. The van der Waals surface area contributed by atoms with E-state index in [0.29, 0.717) is 51.1 Å². The Balaban J connectivity index is 2.30. The molecule has 2 rings (SSSR count). The molecule has 1 amide bonds. The third-order valence-electron chi connectivity index (χ3n) is 4.96. The van der Waals surface area contributed by atoms with Gasteiger partial charge in [-0.1, -0.05) is 12.8 Å². The maximum absolute atomic E-state index is 13.6. The van der Waals surface area contributed by atoms with Crippen LogP contribution in [0.25, 0.3) is 0 Å². The van der Waals surface area contributed by atoms with E-state index in [1.165, 1.54) is 4.90 Å². The van der Waals surface area contributed by atoms with E-state index in [4.69, 9.17) is 9.47 Å². The van der Waals surface area contributed by atoms with Crippen molar-refractivity contribution >= 4 is 6.09 Å². The number of nitrogens with zero attached hydrogens (tertiary/aromatic N) is 1. The summed E-state index contributed by atoms with van der Waals surface area (Å²) in [6.45, 7) is 4.67. The largest absolute Gasteiger partial charge is 0.495 e. The van der Waals surface area contributed by atoms with Crippen LogP contribution in [0.4, 0.5) is 13.6 Å². The van der Waals surface area contributed by atoms with Crippen LogP contribution in [-0.4, -0.2) is 41.4 Å². The highest BCUT2D eigenvalue weighted by Gasteiger charge is 2.48. The molecule has 1 aliphatic carbocycles. The number of ether oxygens (including phenoxy) is 2. The molecular formula is C18H27F2NO4. The number of rotatable bonds is 5. The van der Waals surface area contributed by atoms with Crippen LogP contribution in [0.1, 0.15) is 52.4 Å². The summed E-state index contributed by atoms with van der Waals surface area (Å²) in [5.41, 5.74) is -1.55. The summed E-state index contributed by atoms with van der Waals surface area (Å²) in [6.07, 6.45) is 2.46. The van der Waals surface area contributed by atoms with Gasteiger partial charge in [0.2, 0.25) is 0 Å². The molecule has 0 saturated heterocycles. The van der Waals surface area contributed by atoms with E-state index < -0.39 is 29.5 Å². The molecule has 1 fully saturated rings. The van der Waals surface area contributed by atoms with Gasteiger partial charge in [0.25, 0.3) is 0 Å². The summed E-state index contributed by atoms with van der Waals surface area (Å²) in [5.74, 6) is -1.38. The molecule has 2 aliphatic rings. The van der Waals surface area contributed by atoms with E-state index in [-0.39, 0.29) is 0 Å². The van der Waals surface area contributed by atoms with Crippen LogP contribution in [-0.2, 0) is 9.47 Å². The normalized spacial score (nSPS) is 26.3. The molecule has 25 heavy (non-hydrogen) atoms. The first kappa shape index (κ1) is 19.7. The van der Waals surface area contributed by atoms with Gasteiger partial charge in [0.05, 0.1) is 12.5 Å². The van der Waals surface area contributed by atoms with Crippen molar-refractivity contribution in [1.82, 2.24) is 4.90 Å². The fourth-order valence-corrected chi connectivity index (χ4v) is 3.54. The van der Waals surface area contributed by atoms with Crippen LogP contribution in [0.5, 0.6) is 0 Å². The second-order valence-electron chi connectivity index (χ2n) is 6.45. The second kappa shape index (κ2) is 8.65. The minimum absolute atomic E-state index is 0.309. The van der Waals surface area contributed by atoms with Crippen LogP contribution in [0, 0.1) is 5.92 Å². The molecule has 0 aromatic heterocycles. The lowest BCUT2D eigenvalue weighted by molar-refractivity contribution is -0.0663. The van der Waals surface area contributed by atoms with E-state index in [1.54, 1.807) is 19.9 Å². The van der Waals surface area contributed by atoms with Gasteiger partial charge in [0.1, 0.15) is 11.4 Å². The lowest BCUT2D eigenvalue weighted by Gasteiger charge is -2.42. The molecule has 5 nitrogen and oxygen atoms in total. The third kappa shape index (κ3) is 4.32. The van der Waals surface area contributed by atoms with Crippen molar-refractivity contribution in [2.24, 2.45) is 5.92 Å². The average molecular weight is 359 g/mol. The zero-order valence-corrected chi connectivity index (χ0v) is 14.9. The Morgan fingerprint density at radius 3 is 2.64 bits per heavy atom. The van der Waals surface area contributed by atoms with Gasteiger partial charge < -0.3 is 19.5 Å². The number of aliphatic hydroxyl groups is 1. The molecule has 0 bridgehead atoms. The molecule has 0 radical (unpaired) electrons. The Hall–Kier alpha value is -1.63. The summed E-state index contributed by atoms with van der Waals surface area (Å²) in [5, 5.41) is 11.2. The van der Waals surface area contributed by atoms with Gasteiger partial charge in [0.15, 0.2) is 5.76 Å². The zero-order chi connectivity index (χ0) is 18.4. The van der Waals surface area contributed by atoms with Crippen LogP contribution >= 0.6 is 0 Å². The molecular weight excluding hydrogens is 332 g/mol. The Labute approximate surface area is 147 Å². The van der Waals surface area contributed by atoms with E-state index in [1.807, 2.05) is 0 Å². The Morgan fingerprint density at radius 1 is 1.36 bits per heavy atom. The Morgan fingerprint density at radius 2 is 2.08 bits per heavy atom. The fourth-order valence-electron chi connectivity index (χ4n) is 3.54. The number of carbonyl (C=O) groups is 1. The van der Waals surface area contributed by atoms with E-state index in [0.717, 1.165) is 12.8 Å². The van der Waals surface area contributed by atoms with Crippen molar-refractivity contribution in [3.05, 3.63) is 23.7 Å². The van der Waals surface area contributed by atoms with Gasteiger partial charge in [-0.25, -0.2) is 4.79 Å². The smallest absolute Gasteiger partial charge is 0.415 e. The van der Waals surface area contributed by atoms with Crippen LogP contribution in [0.2, 0.25) is 0 Å². The number of allylic oxidation sites excluding steroid dienone is 1.